The highest BCUT2D eigenvalue weighted by Gasteiger charge is 2.21. The molecule has 31 heavy (non-hydrogen) atoms. The summed E-state index contributed by atoms with van der Waals surface area (Å²) in [6.45, 7) is 7.23. The molecule has 3 aromatic rings. The second kappa shape index (κ2) is 10.4. The van der Waals surface area contributed by atoms with E-state index >= 15 is 0 Å². The third kappa shape index (κ3) is 5.59. The average Bonchev–Trinajstić information content (AvgIpc) is 2.84. The first-order chi connectivity index (χ1) is 15.2. The zero-order valence-corrected chi connectivity index (χ0v) is 18.5. The SMILES string of the molecule is COc1ccccc1N1CCN(CCC(Oc2ccc(C)cc2)c2ccccc2)CC1. The number of piperazine rings is 1. The van der Waals surface area contributed by atoms with Gasteiger partial charge in [0.05, 0.1) is 12.8 Å². The average molecular weight is 417 g/mol. The Morgan fingerprint density at radius 2 is 1.48 bits per heavy atom. The molecule has 1 aliphatic heterocycles. The number of hydrogen-bond donors (Lipinski definition) is 0. The molecule has 0 N–H and O–H groups in total. The molecule has 3 aromatic carbocycles. The highest BCUT2D eigenvalue weighted by molar-refractivity contribution is 5.58. The first-order valence-electron chi connectivity index (χ1n) is 11.1. The molecule has 0 aliphatic carbocycles. The molecular weight excluding hydrogens is 384 g/mol. The molecule has 1 saturated heterocycles. The molecule has 4 nitrogen and oxygen atoms in total. The van der Waals surface area contributed by atoms with Gasteiger partial charge in [-0.15, -0.1) is 0 Å². The predicted octanol–water partition coefficient (Wildman–Crippen LogP) is 5.34. The predicted molar refractivity (Wildman–Crippen MR) is 127 cm³/mol. The summed E-state index contributed by atoms with van der Waals surface area (Å²) in [6.07, 6.45) is 1.02. The second-order valence-corrected chi connectivity index (χ2v) is 8.12. The summed E-state index contributed by atoms with van der Waals surface area (Å²) in [6, 6.07) is 27.2. The van der Waals surface area contributed by atoms with Crippen molar-refractivity contribution in [2.24, 2.45) is 0 Å². The standard InChI is InChI=1S/C27H32N2O2/c1-22-12-14-24(15-13-22)31-26(23-8-4-3-5-9-23)16-17-28-18-20-29(21-19-28)25-10-6-7-11-27(25)30-2/h3-15,26H,16-21H2,1-2H3. The van der Waals surface area contributed by atoms with Gasteiger partial charge in [-0.1, -0.05) is 60.2 Å². The van der Waals surface area contributed by atoms with Crippen molar-refractivity contribution in [1.82, 2.24) is 4.90 Å². The minimum absolute atomic E-state index is 0.0520. The van der Waals surface area contributed by atoms with Gasteiger partial charge < -0.3 is 14.4 Å². The number of methoxy groups -OCH3 is 1. The van der Waals surface area contributed by atoms with Crippen LogP contribution < -0.4 is 14.4 Å². The summed E-state index contributed by atoms with van der Waals surface area (Å²) in [4.78, 5) is 4.97. The molecule has 0 amide bonds. The van der Waals surface area contributed by atoms with Crippen LogP contribution in [0.4, 0.5) is 5.69 Å². The fourth-order valence-corrected chi connectivity index (χ4v) is 4.15. The fourth-order valence-electron chi connectivity index (χ4n) is 4.15. The van der Waals surface area contributed by atoms with Gasteiger partial charge in [0.2, 0.25) is 0 Å². The molecule has 1 aliphatic rings. The van der Waals surface area contributed by atoms with Crippen LogP contribution in [0.5, 0.6) is 11.5 Å². The van der Waals surface area contributed by atoms with Crippen LogP contribution in [0.1, 0.15) is 23.7 Å². The maximum absolute atomic E-state index is 6.41. The Hall–Kier alpha value is -2.98. The summed E-state index contributed by atoms with van der Waals surface area (Å²) in [7, 11) is 1.74. The van der Waals surface area contributed by atoms with E-state index in [0.29, 0.717) is 0 Å². The van der Waals surface area contributed by atoms with Gasteiger partial charge in [0.1, 0.15) is 17.6 Å². The Bertz CT molecular complexity index is 935. The molecule has 0 bridgehead atoms. The van der Waals surface area contributed by atoms with Crippen LogP contribution in [0, 0.1) is 6.92 Å². The maximum Gasteiger partial charge on any atom is 0.142 e. The van der Waals surface area contributed by atoms with Crippen molar-refractivity contribution in [2.45, 2.75) is 19.4 Å². The first kappa shape index (κ1) is 21.3. The molecule has 1 unspecified atom stereocenters. The first-order valence-corrected chi connectivity index (χ1v) is 11.1. The number of aryl methyl sites for hydroxylation is 1. The minimum atomic E-state index is 0.0520. The highest BCUT2D eigenvalue weighted by Crippen LogP contribution is 2.29. The lowest BCUT2D eigenvalue weighted by Gasteiger charge is -2.37. The van der Waals surface area contributed by atoms with Crippen molar-refractivity contribution >= 4 is 5.69 Å². The van der Waals surface area contributed by atoms with Gasteiger partial charge in [-0.05, 0) is 36.8 Å². The number of benzene rings is 3. The van der Waals surface area contributed by atoms with E-state index in [2.05, 4.69) is 83.5 Å². The molecule has 0 aromatic heterocycles. The van der Waals surface area contributed by atoms with E-state index in [1.54, 1.807) is 7.11 Å². The largest absolute Gasteiger partial charge is 0.495 e. The van der Waals surface area contributed by atoms with Crippen molar-refractivity contribution in [3.8, 4) is 11.5 Å². The monoisotopic (exact) mass is 416 g/mol. The van der Waals surface area contributed by atoms with E-state index < -0.39 is 0 Å². The Labute approximate surface area is 186 Å². The van der Waals surface area contributed by atoms with Gasteiger partial charge in [-0.3, -0.25) is 4.90 Å². The summed E-state index contributed by atoms with van der Waals surface area (Å²) in [5.41, 5.74) is 3.67. The number of hydrogen-bond acceptors (Lipinski definition) is 4. The number of nitrogens with zero attached hydrogens (tertiary/aromatic N) is 2. The summed E-state index contributed by atoms with van der Waals surface area (Å²) in [5, 5.41) is 0. The van der Waals surface area contributed by atoms with Crippen molar-refractivity contribution in [3.63, 3.8) is 0 Å². The van der Waals surface area contributed by atoms with Crippen LogP contribution in [0.3, 0.4) is 0 Å². The lowest BCUT2D eigenvalue weighted by atomic mass is 10.1. The molecule has 4 heteroatoms. The van der Waals surface area contributed by atoms with E-state index in [0.717, 1.165) is 50.6 Å². The lowest BCUT2D eigenvalue weighted by Crippen LogP contribution is -2.47. The van der Waals surface area contributed by atoms with Gasteiger partial charge in [0, 0.05) is 39.1 Å². The van der Waals surface area contributed by atoms with E-state index in [1.807, 2.05) is 12.1 Å². The highest BCUT2D eigenvalue weighted by atomic mass is 16.5. The normalized spacial score (nSPS) is 15.5. The van der Waals surface area contributed by atoms with Crippen LogP contribution in [0.25, 0.3) is 0 Å². The summed E-state index contributed by atoms with van der Waals surface area (Å²) >= 11 is 0. The Balaban J connectivity index is 1.36. The van der Waals surface area contributed by atoms with E-state index in [9.17, 15) is 0 Å². The van der Waals surface area contributed by atoms with Crippen molar-refractivity contribution < 1.29 is 9.47 Å². The molecule has 1 heterocycles. The zero-order chi connectivity index (χ0) is 21.5. The summed E-state index contributed by atoms with van der Waals surface area (Å²) < 4.78 is 12.0. The Morgan fingerprint density at radius 3 is 2.19 bits per heavy atom. The quantitative estimate of drug-likeness (QED) is 0.495. The van der Waals surface area contributed by atoms with Crippen LogP contribution in [0.2, 0.25) is 0 Å². The molecule has 162 valence electrons. The zero-order valence-electron chi connectivity index (χ0n) is 18.5. The van der Waals surface area contributed by atoms with E-state index in [1.165, 1.54) is 16.8 Å². The van der Waals surface area contributed by atoms with Crippen LogP contribution in [-0.2, 0) is 0 Å². The third-order valence-electron chi connectivity index (χ3n) is 5.98. The number of rotatable bonds is 8. The summed E-state index contributed by atoms with van der Waals surface area (Å²) in [5.74, 6) is 1.88. The minimum Gasteiger partial charge on any atom is -0.495 e. The Kier molecular flexibility index (Phi) is 7.11. The van der Waals surface area contributed by atoms with Crippen LogP contribution in [-0.4, -0.2) is 44.7 Å². The topological polar surface area (TPSA) is 24.9 Å². The van der Waals surface area contributed by atoms with Gasteiger partial charge >= 0.3 is 0 Å². The molecule has 1 fully saturated rings. The molecule has 0 radical (unpaired) electrons. The Morgan fingerprint density at radius 1 is 0.806 bits per heavy atom. The van der Waals surface area contributed by atoms with Crippen molar-refractivity contribution in [2.75, 3.05) is 44.7 Å². The maximum atomic E-state index is 6.41. The van der Waals surface area contributed by atoms with Crippen LogP contribution in [0.15, 0.2) is 78.9 Å². The van der Waals surface area contributed by atoms with E-state index in [-0.39, 0.29) is 6.10 Å². The molecule has 1 atom stereocenters. The van der Waals surface area contributed by atoms with Gasteiger partial charge in [-0.2, -0.15) is 0 Å². The number of para-hydroxylation sites is 2. The van der Waals surface area contributed by atoms with E-state index in [4.69, 9.17) is 9.47 Å². The van der Waals surface area contributed by atoms with Crippen LogP contribution >= 0.6 is 0 Å². The molecule has 0 saturated carbocycles. The third-order valence-corrected chi connectivity index (χ3v) is 5.98. The number of anilines is 1. The molecular formula is C27H32N2O2. The van der Waals surface area contributed by atoms with Gasteiger partial charge in [0.25, 0.3) is 0 Å². The molecule has 0 spiro atoms. The molecule has 4 rings (SSSR count). The fraction of sp³-hybridized carbons (Fsp3) is 0.333. The number of ether oxygens (including phenoxy) is 2. The van der Waals surface area contributed by atoms with Gasteiger partial charge in [0.15, 0.2) is 0 Å². The van der Waals surface area contributed by atoms with Crippen molar-refractivity contribution in [1.29, 1.82) is 0 Å². The second-order valence-electron chi connectivity index (χ2n) is 8.12. The van der Waals surface area contributed by atoms with Crippen molar-refractivity contribution in [3.05, 3.63) is 90.0 Å². The van der Waals surface area contributed by atoms with Gasteiger partial charge in [-0.25, -0.2) is 0 Å². The lowest BCUT2D eigenvalue weighted by molar-refractivity contribution is 0.160. The smallest absolute Gasteiger partial charge is 0.142 e.